The second-order valence-corrected chi connectivity index (χ2v) is 51.9. The van der Waals surface area contributed by atoms with Crippen molar-refractivity contribution in [3.63, 3.8) is 0 Å². The van der Waals surface area contributed by atoms with Gasteiger partial charge in [0.2, 0.25) is 0 Å². The number of benzene rings is 5. The van der Waals surface area contributed by atoms with Gasteiger partial charge in [-0.25, -0.2) is 44.7 Å². The normalized spacial score (nSPS) is 21.1. The summed E-state index contributed by atoms with van der Waals surface area (Å²) < 4.78 is 176. The van der Waals surface area contributed by atoms with E-state index in [1.165, 1.54) is 37.2 Å². The van der Waals surface area contributed by atoms with Gasteiger partial charge in [0, 0.05) is 93.9 Å². The van der Waals surface area contributed by atoms with Crippen LogP contribution < -0.4 is 14.9 Å². The Morgan fingerprint density at radius 1 is 0.535 bits per heavy atom. The minimum absolute atomic E-state index is 0.0285. The number of aliphatic hydroxyl groups is 2. The molecule has 114 heavy (non-hydrogen) atoms. The number of hydrogen-bond donors (Lipinski definition) is 2. The van der Waals surface area contributed by atoms with E-state index in [1.807, 2.05) is 56.5 Å². The van der Waals surface area contributed by atoms with E-state index in [2.05, 4.69) is 84.9 Å². The van der Waals surface area contributed by atoms with Crippen LogP contribution >= 0.6 is 77.7 Å². The van der Waals surface area contributed by atoms with Gasteiger partial charge >= 0.3 is 19.1 Å². The highest BCUT2D eigenvalue weighted by Gasteiger charge is 2.53. The molecule has 4 aromatic heterocycles. The van der Waals surface area contributed by atoms with Gasteiger partial charge in [0.1, 0.15) is 84.1 Å². The van der Waals surface area contributed by atoms with E-state index in [0.717, 1.165) is 47.4 Å². The number of imidazole rings is 2. The van der Waals surface area contributed by atoms with E-state index in [9.17, 15) is 45.0 Å². The lowest BCUT2D eigenvalue weighted by Gasteiger charge is -2.32. The molecule has 9 heterocycles. The first kappa shape index (κ1) is 89.6. The molecule has 2 N–H and O–H groups in total. The first-order valence-corrected chi connectivity index (χ1v) is 51.6. The lowest BCUT2D eigenvalue weighted by atomic mass is 9.79. The molecule has 5 aliphatic rings. The Morgan fingerprint density at radius 2 is 0.886 bits per heavy atom. The lowest BCUT2D eigenvalue weighted by molar-refractivity contribution is 0.00332. The lowest BCUT2D eigenvalue weighted by Crippen LogP contribution is -2.41. The Labute approximate surface area is 701 Å². The summed E-state index contributed by atoms with van der Waals surface area (Å²) in [5, 5.41) is 21.2. The molecule has 5 aromatic carbocycles. The van der Waals surface area contributed by atoms with Crippen LogP contribution in [0.5, 0.6) is 12.0 Å². The standard InChI is InChI=1S/C32H37ClF2N4O6SSi.C30H41BClN3O7Si.C8H8BrF2NOS.C6H2BrF2I/c1-46(2,41)38-28-22(34)12-20(13-23(28)35)18-6-8-19(9-7-18)27-21(33)14-24-31(37-27)39(17-42-10-11-47(3,4)5)32(36-24)45-26-16-44-29-25(40)15-43-30(26)29;1-29(2)30(3,4)42-31(41-29)19-10-8-18(9-11-19)24-20(32)14-21-27(34-24)35(17-37-12-13-43(5,6)7)28(33-21)40-23-16-39-25-22(36)15-38-26(23)25;1-14(2,13)12-8-6(10)3-5(9)4-7(8)11;7-3-1-4(8)6(10)5(9)2-3/h6-9,12-14,25-26,29-30,40H,10-11,15-17H2,1-5H3;8-11,14,22-23,25-26,36H,12-13,15-17H2,1-7H3;3-4H,1-2H3;1-2H/t25-,26-,29-,30-;22-,23-,25-,26-;;/m11../s1. The molecule has 5 aliphatic heterocycles. The minimum Gasteiger partial charge on any atom is -0.456 e. The average Bonchev–Trinajstić information content (AvgIpc) is 0.941. The van der Waals surface area contributed by atoms with Gasteiger partial charge in [-0.15, -0.1) is 0 Å². The zero-order valence-corrected chi connectivity index (χ0v) is 75.3. The van der Waals surface area contributed by atoms with Crippen molar-refractivity contribution in [2.45, 2.75) is 153 Å². The second kappa shape index (κ2) is 36.4. The third-order valence-electron chi connectivity index (χ3n) is 19.0. The molecule has 0 radical (unpaired) electrons. The van der Waals surface area contributed by atoms with Crippen molar-refractivity contribution in [1.29, 1.82) is 0 Å². The SMILES string of the molecule is CC1(C)OB(c2ccc(-c3nc4c(cc3Cl)nc(O[C@@H]3CO[C@H]5[C@@H]3OC[C@H]5O)n4COCC[Si](C)(C)C)cc2)OC1(C)C.CS(C)(=O)=Nc1c(F)cc(Br)cc1F.C[Si](C)(C)CCOCn1c(O[C@@H]2CO[C@H]3[C@@H]2OC[C@H]3O)nc2cc(Cl)c(-c3ccc(-c4cc(F)c(N=S(C)(C)=O)c(F)c4)cc3)nc21.Fc1cc(Br)cc(F)c1I. The van der Waals surface area contributed by atoms with Crippen molar-refractivity contribution in [2.24, 2.45) is 8.73 Å². The van der Waals surface area contributed by atoms with Gasteiger partial charge in [0.15, 0.2) is 46.8 Å². The molecule has 38 heteroatoms. The molecule has 616 valence electrons. The number of ether oxygens (including phenoxy) is 8. The summed E-state index contributed by atoms with van der Waals surface area (Å²) in [6, 6.07) is 27.9. The predicted molar refractivity (Wildman–Crippen MR) is 450 cm³/mol. The van der Waals surface area contributed by atoms with Gasteiger partial charge in [-0.1, -0.05) is 143 Å². The van der Waals surface area contributed by atoms with Gasteiger partial charge in [-0.2, -0.15) is 18.7 Å². The molecule has 0 saturated carbocycles. The number of pyridine rings is 2. The van der Waals surface area contributed by atoms with Crippen LogP contribution in [-0.2, 0) is 70.6 Å². The molecular formula is C76H88BBr2Cl2F6IN8O14S2Si2. The van der Waals surface area contributed by atoms with E-state index in [4.69, 9.17) is 85.4 Å². The topological polar surface area (TPSA) is 253 Å². The zero-order chi connectivity index (χ0) is 83.1. The first-order valence-electron chi connectivity index (χ1n) is 36.1. The highest BCUT2D eigenvalue weighted by Crippen LogP contribution is 2.41. The summed E-state index contributed by atoms with van der Waals surface area (Å²) in [6.45, 7) is 24.4. The fraction of sp³-hybridized carbons (Fsp3) is 0.447. The number of nitrogens with zero attached hydrogens (tertiary/aromatic N) is 8. The molecule has 0 unspecified atom stereocenters. The molecule has 0 spiro atoms. The molecule has 8 atom stereocenters. The largest absolute Gasteiger partial charge is 0.494 e. The van der Waals surface area contributed by atoms with Crippen molar-refractivity contribution >= 4 is 160 Å². The summed E-state index contributed by atoms with van der Waals surface area (Å²) in [5.74, 6) is -4.52. The van der Waals surface area contributed by atoms with Crippen LogP contribution in [0.2, 0.25) is 61.4 Å². The smallest absolute Gasteiger partial charge is 0.456 e. The molecule has 0 amide bonds. The van der Waals surface area contributed by atoms with Crippen molar-refractivity contribution in [1.82, 2.24) is 29.1 Å². The van der Waals surface area contributed by atoms with Crippen molar-refractivity contribution in [3.8, 4) is 45.7 Å². The molecule has 5 saturated heterocycles. The Bertz CT molecular complexity index is 5200. The van der Waals surface area contributed by atoms with E-state index in [1.54, 1.807) is 63.6 Å². The van der Waals surface area contributed by atoms with Crippen molar-refractivity contribution in [3.05, 3.63) is 155 Å². The monoisotopic (exact) mass is 1940 g/mol. The Hall–Kier alpha value is -5.21. The molecule has 5 fully saturated rings. The highest BCUT2D eigenvalue weighted by molar-refractivity contribution is 14.1. The number of hydrogen-bond acceptors (Lipinski definition) is 20. The number of rotatable bonds is 20. The third-order valence-corrected chi connectivity index (χ3v) is 26.1. The van der Waals surface area contributed by atoms with E-state index in [0.29, 0.717) is 90.8 Å². The summed E-state index contributed by atoms with van der Waals surface area (Å²) in [4.78, 5) is 19.3. The summed E-state index contributed by atoms with van der Waals surface area (Å²) in [7, 11) is -8.37. The fourth-order valence-corrected chi connectivity index (χ4v) is 16.6. The van der Waals surface area contributed by atoms with Gasteiger partial charge < -0.3 is 57.4 Å². The van der Waals surface area contributed by atoms with Crippen LogP contribution in [0.3, 0.4) is 0 Å². The minimum atomic E-state index is -2.75. The second-order valence-electron chi connectivity index (χ2n) is 31.8. The number of fused-ring (bicyclic) bond motifs is 4. The maximum atomic E-state index is 14.8. The van der Waals surface area contributed by atoms with Crippen molar-refractivity contribution < 1.29 is 92.2 Å². The molecule has 9 aromatic rings. The number of halogens is 11. The van der Waals surface area contributed by atoms with E-state index < -0.39 is 143 Å². The van der Waals surface area contributed by atoms with Crippen LogP contribution in [0.4, 0.5) is 37.7 Å². The van der Waals surface area contributed by atoms with E-state index in [-0.39, 0.29) is 53.4 Å². The zero-order valence-electron chi connectivity index (χ0n) is 64.9. The van der Waals surface area contributed by atoms with Gasteiger partial charge in [-0.3, -0.25) is 9.13 Å². The van der Waals surface area contributed by atoms with E-state index >= 15 is 0 Å². The highest BCUT2D eigenvalue weighted by atomic mass is 127. The Balaban J connectivity index is 0.000000174. The number of aromatic nitrogens is 6. The van der Waals surface area contributed by atoms with Crippen LogP contribution in [0.1, 0.15) is 27.7 Å². The van der Waals surface area contributed by atoms with Gasteiger partial charge in [-0.05, 0) is 127 Å². The number of aliphatic hydroxyl groups excluding tert-OH is 2. The predicted octanol–water partition coefficient (Wildman–Crippen LogP) is 17.0. The Kier molecular flexibility index (Phi) is 28.6. The van der Waals surface area contributed by atoms with Gasteiger partial charge in [0.05, 0.1) is 62.6 Å². The van der Waals surface area contributed by atoms with Crippen LogP contribution in [0.25, 0.3) is 56.0 Å². The maximum Gasteiger partial charge on any atom is 0.494 e. The summed E-state index contributed by atoms with van der Waals surface area (Å²) >= 11 is 21.0. The summed E-state index contributed by atoms with van der Waals surface area (Å²) in [6.07, 6.45) is 1.31. The molecule has 14 rings (SSSR count). The molecule has 22 nitrogen and oxygen atoms in total. The average molecular weight is 1940 g/mol. The van der Waals surface area contributed by atoms with Crippen LogP contribution in [0, 0.1) is 38.5 Å². The summed E-state index contributed by atoms with van der Waals surface area (Å²) in [5.41, 5.74) is 4.69. The fourth-order valence-electron chi connectivity index (χ4n) is 12.3. The van der Waals surface area contributed by atoms with Gasteiger partial charge in [0.25, 0.3) is 0 Å². The molecule has 0 bridgehead atoms. The molecule has 0 aliphatic carbocycles. The van der Waals surface area contributed by atoms with Crippen molar-refractivity contribution in [2.75, 3.05) is 64.7 Å². The Morgan fingerprint density at radius 3 is 1.26 bits per heavy atom. The first-order chi connectivity index (χ1) is 53.3. The quantitative estimate of drug-likeness (QED) is 0.0180. The van der Waals surface area contributed by atoms with Crippen LogP contribution in [-0.4, -0.2) is 196 Å². The maximum absolute atomic E-state index is 14.8. The van der Waals surface area contributed by atoms with Crippen LogP contribution in [0.15, 0.2) is 115 Å². The third kappa shape index (κ3) is 22.2. The molecular weight excluding hydrogens is 1850 g/mol.